The molecule has 0 aliphatic heterocycles. The van der Waals surface area contributed by atoms with Gasteiger partial charge in [0, 0.05) is 18.3 Å². The van der Waals surface area contributed by atoms with Gasteiger partial charge in [-0.05, 0) is 30.8 Å². The molecule has 1 heterocycles. The number of carboxylic acid groups (broad SMARTS) is 1. The predicted molar refractivity (Wildman–Crippen MR) is 149 cm³/mol. The number of aromatic nitrogens is 2. The fourth-order valence-electron chi connectivity index (χ4n) is 3.61. The Hall–Kier alpha value is -3.70. The van der Waals surface area contributed by atoms with E-state index in [1.807, 2.05) is 0 Å². The molecule has 0 spiro atoms. The number of H-pyrrole nitrogens is 1. The fraction of sp³-hybridized carbons (Fsp3) is 0.625. The van der Waals surface area contributed by atoms with Crippen molar-refractivity contribution in [2.24, 2.45) is 17.4 Å². The summed E-state index contributed by atoms with van der Waals surface area (Å²) in [4.78, 5) is 81.7. The number of primary amides is 1. The number of carbonyl (C=O) groups is 6. The van der Waals surface area contributed by atoms with Crippen LogP contribution in [-0.4, -0.2) is 105 Å². The number of carboxylic acids is 1. The standard InChI is InChI=1S/C24H40N8O8S/c1-12(2)6-18(24(39)40)32-21(36)15(4-5-41-3)29-23(38)17(8-19(26)34)31-22(37)16(7-13-9-27-11-28-13)30-20(35)14(25)10-33/h9,11-12,14-18,33H,4-8,10,25H2,1-3H3,(H2,26,34)(H,27,28)(H,29,38)(H,30,35)(H,31,37)(H,32,36)(H,39,40)/t14-,15-,16-,17-,18-/m0/s1. The average molecular weight is 601 g/mol. The molecule has 0 radical (unpaired) electrons. The molecule has 0 unspecified atom stereocenters. The lowest BCUT2D eigenvalue weighted by Gasteiger charge is -2.26. The summed E-state index contributed by atoms with van der Waals surface area (Å²) in [7, 11) is 0. The number of nitrogens with one attached hydrogen (secondary N) is 5. The summed E-state index contributed by atoms with van der Waals surface area (Å²) >= 11 is 1.39. The number of aliphatic hydroxyl groups excluding tert-OH is 1. The van der Waals surface area contributed by atoms with Crippen LogP contribution >= 0.6 is 11.8 Å². The summed E-state index contributed by atoms with van der Waals surface area (Å²) in [6, 6.07) is -6.53. The van der Waals surface area contributed by atoms with E-state index < -0.39 is 78.7 Å². The van der Waals surface area contributed by atoms with Gasteiger partial charge in [-0.25, -0.2) is 9.78 Å². The Morgan fingerprint density at radius 3 is 2.02 bits per heavy atom. The number of amides is 5. The lowest BCUT2D eigenvalue weighted by molar-refractivity contribution is -0.143. The molecule has 0 saturated carbocycles. The molecular weight excluding hydrogens is 560 g/mol. The Kier molecular flexibility index (Phi) is 15.4. The third kappa shape index (κ3) is 13.0. The maximum Gasteiger partial charge on any atom is 0.326 e. The fourth-order valence-corrected chi connectivity index (χ4v) is 4.08. The Bertz CT molecular complexity index is 1040. The number of aliphatic hydroxyl groups is 1. The molecule has 0 aromatic carbocycles. The van der Waals surface area contributed by atoms with Gasteiger partial charge in [-0.15, -0.1) is 0 Å². The van der Waals surface area contributed by atoms with Crippen LogP contribution in [0.3, 0.4) is 0 Å². The van der Waals surface area contributed by atoms with E-state index >= 15 is 0 Å². The van der Waals surface area contributed by atoms with Crippen LogP contribution in [0.15, 0.2) is 12.5 Å². The highest BCUT2D eigenvalue weighted by Gasteiger charge is 2.32. The van der Waals surface area contributed by atoms with Crippen LogP contribution in [0.4, 0.5) is 0 Å². The van der Waals surface area contributed by atoms with Gasteiger partial charge < -0.3 is 47.9 Å². The quantitative estimate of drug-likeness (QED) is 0.0770. The number of nitrogens with two attached hydrogens (primary N) is 2. The highest BCUT2D eigenvalue weighted by molar-refractivity contribution is 7.98. The lowest BCUT2D eigenvalue weighted by Crippen LogP contribution is -2.59. The number of nitrogens with zero attached hydrogens (tertiary/aromatic N) is 1. The average Bonchev–Trinajstić information content (AvgIpc) is 3.41. The van der Waals surface area contributed by atoms with Crippen LogP contribution in [0.2, 0.25) is 0 Å². The Labute approximate surface area is 241 Å². The summed E-state index contributed by atoms with van der Waals surface area (Å²) in [5.41, 5.74) is 11.3. The molecule has 0 fully saturated rings. The molecule has 0 saturated heterocycles. The van der Waals surface area contributed by atoms with E-state index in [4.69, 9.17) is 11.5 Å². The maximum atomic E-state index is 13.2. The number of thioether (sulfide) groups is 1. The molecule has 11 N–H and O–H groups in total. The van der Waals surface area contributed by atoms with Gasteiger partial charge in [0.25, 0.3) is 0 Å². The Morgan fingerprint density at radius 2 is 1.51 bits per heavy atom. The lowest BCUT2D eigenvalue weighted by atomic mass is 10.0. The number of aromatic amines is 1. The summed E-state index contributed by atoms with van der Waals surface area (Å²) in [6.07, 6.45) is 4.08. The minimum absolute atomic E-state index is 0.0343. The van der Waals surface area contributed by atoms with Crippen molar-refractivity contribution in [2.75, 3.05) is 18.6 Å². The largest absolute Gasteiger partial charge is 0.480 e. The van der Waals surface area contributed by atoms with Gasteiger partial charge in [0.2, 0.25) is 29.5 Å². The van der Waals surface area contributed by atoms with E-state index in [9.17, 15) is 39.0 Å². The second-order valence-electron chi connectivity index (χ2n) is 9.73. The maximum absolute atomic E-state index is 13.2. The number of carbonyl (C=O) groups excluding carboxylic acids is 5. The van der Waals surface area contributed by atoms with Crippen molar-refractivity contribution < 1.29 is 39.0 Å². The summed E-state index contributed by atoms with van der Waals surface area (Å²) in [5.74, 6) is -5.16. The van der Waals surface area contributed by atoms with E-state index in [2.05, 4.69) is 31.2 Å². The van der Waals surface area contributed by atoms with Gasteiger partial charge in [0.1, 0.15) is 30.2 Å². The van der Waals surface area contributed by atoms with E-state index in [1.54, 1.807) is 20.1 Å². The number of hydrogen-bond donors (Lipinski definition) is 9. The van der Waals surface area contributed by atoms with Gasteiger partial charge >= 0.3 is 5.97 Å². The van der Waals surface area contributed by atoms with Crippen LogP contribution in [0.1, 0.15) is 38.8 Å². The number of rotatable bonds is 19. The van der Waals surface area contributed by atoms with Gasteiger partial charge in [-0.2, -0.15) is 11.8 Å². The van der Waals surface area contributed by atoms with Crippen molar-refractivity contribution in [3.8, 4) is 0 Å². The van der Waals surface area contributed by atoms with Crippen molar-refractivity contribution in [3.05, 3.63) is 18.2 Å². The molecule has 230 valence electrons. The predicted octanol–water partition coefficient (Wildman–Crippen LogP) is -3.03. The molecule has 5 atom stereocenters. The number of imidazole rings is 1. The molecule has 1 rings (SSSR count). The van der Waals surface area contributed by atoms with Crippen LogP contribution in [0, 0.1) is 5.92 Å². The molecule has 0 aliphatic carbocycles. The van der Waals surface area contributed by atoms with Crippen LogP contribution < -0.4 is 32.7 Å². The molecule has 1 aromatic rings. The molecule has 16 nitrogen and oxygen atoms in total. The highest BCUT2D eigenvalue weighted by Crippen LogP contribution is 2.08. The molecular formula is C24H40N8O8S. The number of hydrogen-bond acceptors (Lipinski definition) is 10. The van der Waals surface area contributed by atoms with E-state index in [0.29, 0.717) is 11.4 Å². The van der Waals surface area contributed by atoms with E-state index in [-0.39, 0.29) is 25.2 Å². The van der Waals surface area contributed by atoms with Gasteiger partial charge in [0.05, 0.1) is 19.4 Å². The van der Waals surface area contributed by atoms with Crippen molar-refractivity contribution in [2.45, 2.75) is 69.7 Å². The Balaban J connectivity index is 3.14. The molecule has 1 aromatic heterocycles. The van der Waals surface area contributed by atoms with Crippen molar-refractivity contribution in [3.63, 3.8) is 0 Å². The molecule has 17 heteroatoms. The molecule has 5 amide bonds. The SMILES string of the molecule is CSCC[C@H](NC(=O)[C@H](CC(N)=O)NC(=O)[C@H](Cc1cnc[nH]1)NC(=O)[C@@H](N)CO)C(=O)N[C@@H](CC(C)C)C(=O)O. The zero-order valence-corrected chi connectivity index (χ0v) is 24.0. The first-order valence-corrected chi connectivity index (χ1v) is 14.2. The second-order valence-corrected chi connectivity index (χ2v) is 10.7. The summed E-state index contributed by atoms with van der Waals surface area (Å²) < 4.78 is 0. The summed E-state index contributed by atoms with van der Waals surface area (Å²) in [5, 5.41) is 28.3. The third-order valence-electron chi connectivity index (χ3n) is 5.75. The van der Waals surface area contributed by atoms with Gasteiger partial charge in [0.15, 0.2) is 0 Å². The first-order chi connectivity index (χ1) is 19.3. The minimum atomic E-state index is -1.54. The van der Waals surface area contributed by atoms with E-state index in [0.717, 1.165) is 0 Å². The topological polar surface area (TPSA) is 272 Å². The summed E-state index contributed by atoms with van der Waals surface area (Å²) in [6.45, 7) is 2.91. The van der Waals surface area contributed by atoms with Crippen LogP contribution in [0.25, 0.3) is 0 Å². The van der Waals surface area contributed by atoms with E-state index in [1.165, 1.54) is 24.3 Å². The van der Waals surface area contributed by atoms with Gasteiger partial charge in [-0.3, -0.25) is 24.0 Å². The smallest absolute Gasteiger partial charge is 0.326 e. The third-order valence-corrected chi connectivity index (χ3v) is 6.39. The molecule has 0 aliphatic rings. The molecule has 41 heavy (non-hydrogen) atoms. The Morgan fingerprint density at radius 1 is 0.951 bits per heavy atom. The first-order valence-electron chi connectivity index (χ1n) is 12.8. The van der Waals surface area contributed by atoms with Crippen molar-refractivity contribution in [1.29, 1.82) is 0 Å². The van der Waals surface area contributed by atoms with Crippen LogP contribution in [-0.2, 0) is 35.2 Å². The zero-order chi connectivity index (χ0) is 31.1. The minimum Gasteiger partial charge on any atom is -0.480 e. The molecule has 0 bridgehead atoms. The van der Waals surface area contributed by atoms with Crippen LogP contribution in [0.5, 0.6) is 0 Å². The van der Waals surface area contributed by atoms with Gasteiger partial charge in [-0.1, -0.05) is 13.8 Å². The first kappa shape index (κ1) is 35.3. The number of aliphatic carboxylic acids is 1. The zero-order valence-electron chi connectivity index (χ0n) is 23.2. The van der Waals surface area contributed by atoms with Crippen molar-refractivity contribution >= 4 is 47.3 Å². The highest BCUT2D eigenvalue weighted by atomic mass is 32.2. The monoisotopic (exact) mass is 600 g/mol. The normalized spacial score (nSPS) is 14.7. The second kappa shape index (κ2) is 17.9. The van der Waals surface area contributed by atoms with Crippen molar-refractivity contribution in [1.82, 2.24) is 31.2 Å².